The second kappa shape index (κ2) is 27.7. The van der Waals surface area contributed by atoms with Gasteiger partial charge >= 0.3 is 0 Å². The summed E-state index contributed by atoms with van der Waals surface area (Å²) in [5.41, 5.74) is 37.1. The maximum Gasteiger partial charge on any atom is 0.143 e. The quantitative estimate of drug-likeness (QED) is 0.0714. The molecule has 4 aromatic heterocycles. The minimum absolute atomic E-state index is 0.177. The molecule has 0 unspecified atom stereocenters. The highest BCUT2D eigenvalue weighted by Gasteiger charge is 2.49. The van der Waals surface area contributed by atoms with E-state index in [-0.39, 0.29) is 16.2 Å². The van der Waals surface area contributed by atoms with Crippen LogP contribution >= 0.6 is 0 Å². The van der Waals surface area contributed by atoms with Crippen molar-refractivity contribution >= 4 is 109 Å². The van der Waals surface area contributed by atoms with Crippen LogP contribution in [0.3, 0.4) is 0 Å². The van der Waals surface area contributed by atoms with Crippen LogP contribution in [0.25, 0.3) is 209 Å². The average molecular weight is 1540 g/mol. The normalized spacial score (nSPS) is 14.1. The molecule has 0 amide bonds. The van der Waals surface area contributed by atoms with Gasteiger partial charge in [-0.3, -0.25) is 0 Å². The number of hydrogen-bond donors (Lipinski definition) is 0. The third kappa shape index (κ3) is 11.0. The highest BCUT2D eigenvalue weighted by molar-refractivity contribution is 6.19. The molecule has 23 rings (SSSR count). The van der Waals surface area contributed by atoms with Crippen molar-refractivity contribution in [3.05, 3.63) is 325 Å². The van der Waals surface area contributed by atoms with Crippen LogP contribution in [0.15, 0.2) is 309 Å². The number of hydrogen-bond acceptors (Lipinski definition) is 4. The maximum atomic E-state index is 6.92. The molecule has 0 aliphatic heterocycles. The summed E-state index contributed by atoms with van der Waals surface area (Å²) in [6.45, 7) is 14.7. The summed E-state index contributed by atoms with van der Waals surface area (Å²) >= 11 is 0. The molecular weight excluding hydrogens is 1450 g/mol. The monoisotopic (exact) mass is 1540 g/mol. The first-order valence-electron chi connectivity index (χ1n) is 43.9. The zero-order valence-electron chi connectivity index (χ0n) is 68.7. The van der Waals surface area contributed by atoms with Crippen LogP contribution in [0.4, 0.5) is 0 Å². The summed E-state index contributed by atoms with van der Waals surface area (Å²) in [5, 5.41) is 14.1. The Balaban J connectivity index is 0.629. The van der Waals surface area contributed by atoms with Crippen LogP contribution in [-0.2, 0) is 16.2 Å². The zero-order chi connectivity index (χ0) is 79.6. The van der Waals surface area contributed by atoms with Gasteiger partial charge in [0.1, 0.15) is 44.7 Å². The van der Waals surface area contributed by atoms with E-state index in [1.54, 1.807) is 11.1 Å². The van der Waals surface area contributed by atoms with Gasteiger partial charge in [0, 0.05) is 81.6 Å². The first kappa shape index (κ1) is 71.5. The van der Waals surface area contributed by atoms with Gasteiger partial charge in [-0.15, -0.1) is 0 Å². The molecule has 119 heavy (non-hydrogen) atoms. The Morgan fingerprint density at radius 1 is 0.202 bits per heavy atom. The van der Waals surface area contributed by atoms with E-state index in [0.717, 1.165) is 145 Å². The molecule has 4 heteroatoms. The van der Waals surface area contributed by atoms with Crippen LogP contribution in [0, 0.1) is 0 Å². The topological polar surface area (TPSA) is 52.6 Å². The van der Waals surface area contributed by atoms with Crippen molar-refractivity contribution in [3.8, 4) is 100 Å². The zero-order valence-corrected chi connectivity index (χ0v) is 68.7. The van der Waals surface area contributed by atoms with Gasteiger partial charge in [0.25, 0.3) is 0 Å². The van der Waals surface area contributed by atoms with E-state index in [2.05, 4.69) is 333 Å². The Labute approximate surface area is 694 Å². The molecule has 3 aliphatic rings. The fourth-order valence-corrected chi connectivity index (χ4v) is 22.2. The summed E-state index contributed by atoms with van der Waals surface area (Å²) in [4.78, 5) is 0. The van der Waals surface area contributed by atoms with E-state index in [0.29, 0.717) is 0 Å². The van der Waals surface area contributed by atoms with Crippen molar-refractivity contribution < 1.29 is 17.7 Å². The van der Waals surface area contributed by atoms with Gasteiger partial charge in [-0.1, -0.05) is 325 Å². The van der Waals surface area contributed by atoms with Crippen LogP contribution in [-0.4, -0.2) is 0 Å². The Morgan fingerprint density at radius 3 is 0.933 bits per heavy atom. The first-order valence-corrected chi connectivity index (χ1v) is 43.9. The van der Waals surface area contributed by atoms with Crippen molar-refractivity contribution in [3.63, 3.8) is 0 Å². The molecule has 20 aromatic rings. The van der Waals surface area contributed by atoms with Gasteiger partial charge in [0.15, 0.2) is 0 Å². The van der Waals surface area contributed by atoms with E-state index in [4.69, 9.17) is 17.7 Å². The lowest BCUT2D eigenvalue weighted by Crippen LogP contribution is -2.26. The highest BCUT2D eigenvalue weighted by atomic mass is 16.3. The Hall–Kier alpha value is -12.8. The predicted octanol–water partition coefficient (Wildman–Crippen LogP) is 34.0. The van der Waals surface area contributed by atoms with E-state index in [1.807, 2.05) is 0 Å². The molecule has 0 saturated heterocycles. The summed E-state index contributed by atoms with van der Waals surface area (Å²) in [7, 11) is 0. The third-order valence-electron chi connectivity index (χ3n) is 28.3. The fourth-order valence-electron chi connectivity index (χ4n) is 22.2. The molecule has 4 heterocycles. The van der Waals surface area contributed by atoms with E-state index in [9.17, 15) is 0 Å². The van der Waals surface area contributed by atoms with E-state index < -0.39 is 0 Å². The largest absolute Gasteiger partial charge is 0.456 e. The lowest BCUT2D eigenvalue weighted by molar-refractivity contribution is 0.398. The Kier molecular flexibility index (Phi) is 16.6. The third-order valence-corrected chi connectivity index (χ3v) is 28.3. The van der Waals surface area contributed by atoms with Gasteiger partial charge in [0.05, 0.1) is 0 Å². The average Bonchev–Trinajstić information content (AvgIpc) is 1.51. The minimum Gasteiger partial charge on any atom is -0.456 e. The lowest BCUT2D eigenvalue weighted by atomic mass is 9.69. The van der Waals surface area contributed by atoms with Gasteiger partial charge in [-0.25, -0.2) is 0 Å². The van der Waals surface area contributed by atoms with Gasteiger partial charge in [-0.2, -0.15) is 0 Å². The maximum absolute atomic E-state index is 6.92. The minimum atomic E-state index is -0.313. The molecule has 0 saturated carbocycles. The van der Waals surface area contributed by atoms with Gasteiger partial charge in [0.2, 0.25) is 0 Å². The summed E-state index contributed by atoms with van der Waals surface area (Å²) in [6.07, 6.45) is 17.5. The summed E-state index contributed by atoms with van der Waals surface area (Å²) < 4.78 is 27.6. The standard InChI is InChI=1S/C115H94O4/c1-7-9-11-13-15-27-57-115(58-28-16-14-12-10-8-2)99-67-95-97(113(3,4)101-63-89(79-37-23-25-39-83(79)107(95)101)71-51-55-103-93(59-71)81-53-49-73(61-105(81)116-103)77-43-31-47-87-85-45-29-41-75(109(85)118-111(77)87)69-33-19-17-20-34-69)65-91(99)92-66-98-96(68-100(92)115)108-84-40-26-24-38-80(84)90(64-102(108)114(98,5)6)72-52-56-104-94(60-72)82-54-50-74(62-106(82)117-104)78-44-32-48-88-86-46-30-42-76(110(86)119-112(78)88)70-35-21-18-22-36-70/h17-26,29-56,59-68H,7-16,27-28,57-58H2,1-6H3. The number of unbranched alkanes of at least 4 members (excludes halogenated alkanes) is 10. The van der Waals surface area contributed by atoms with Crippen molar-refractivity contribution in [2.75, 3.05) is 0 Å². The molecule has 0 fully saturated rings. The molecule has 0 radical (unpaired) electrons. The number of furan rings is 4. The van der Waals surface area contributed by atoms with Crippen LogP contribution in [0.1, 0.15) is 165 Å². The van der Waals surface area contributed by atoms with Crippen LogP contribution in [0.5, 0.6) is 0 Å². The second-order valence-corrected chi connectivity index (χ2v) is 35.8. The molecule has 0 atom stereocenters. The number of benzene rings is 16. The summed E-state index contributed by atoms with van der Waals surface area (Å²) in [5.74, 6) is 0. The molecule has 0 N–H and O–H groups in total. The SMILES string of the molecule is CCCCCCCCC1(CCCCCCCC)c2cc3c(cc2-c2cc4c(cc21)-c1c(cc(-c2ccc5oc6cc(-c7cccc8c7oc7c(-c9ccccc9)cccc78)ccc6c5c2)c2ccccc12)C4(C)C)C(C)(C)c1cc(-c2ccc4oc5cc(-c6cccc7c6oc6c(-c8ccccc8)cccc67)ccc5c4c2)c2ccccc2c1-3. The number of rotatable bonds is 20. The van der Waals surface area contributed by atoms with E-state index in [1.165, 1.54) is 176 Å². The van der Waals surface area contributed by atoms with Crippen LogP contribution < -0.4 is 0 Å². The predicted molar refractivity (Wildman–Crippen MR) is 501 cm³/mol. The van der Waals surface area contributed by atoms with Gasteiger partial charge < -0.3 is 17.7 Å². The molecule has 0 spiro atoms. The smallest absolute Gasteiger partial charge is 0.143 e. The molecular formula is C115H94O4. The highest BCUT2D eigenvalue weighted by Crippen LogP contribution is 2.64. The second-order valence-electron chi connectivity index (χ2n) is 35.8. The first-order chi connectivity index (χ1) is 58.4. The number of fused-ring (bicyclic) bond motifs is 25. The Bertz CT molecular complexity index is 7120. The fraction of sp³-hybridized carbons (Fsp3) is 0.200. The van der Waals surface area contributed by atoms with Crippen molar-refractivity contribution in [2.24, 2.45) is 0 Å². The van der Waals surface area contributed by atoms with Crippen molar-refractivity contribution in [1.82, 2.24) is 0 Å². The van der Waals surface area contributed by atoms with Crippen molar-refractivity contribution in [1.29, 1.82) is 0 Å². The van der Waals surface area contributed by atoms with Crippen molar-refractivity contribution in [2.45, 2.75) is 148 Å². The number of para-hydroxylation sites is 4. The molecule has 578 valence electrons. The molecule has 4 nitrogen and oxygen atoms in total. The lowest BCUT2D eigenvalue weighted by Gasteiger charge is -2.34. The molecule has 0 bridgehead atoms. The van der Waals surface area contributed by atoms with E-state index >= 15 is 0 Å². The summed E-state index contributed by atoms with van der Waals surface area (Å²) in [6, 6.07) is 109. The Morgan fingerprint density at radius 2 is 0.529 bits per heavy atom. The molecule has 16 aromatic carbocycles. The molecule has 3 aliphatic carbocycles. The van der Waals surface area contributed by atoms with Crippen LogP contribution in [0.2, 0.25) is 0 Å². The van der Waals surface area contributed by atoms with Gasteiger partial charge in [-0.05, 0) is 231 Å².